The quantitative estimate of drug-likeness (QED) is 0.308. The van der Waals surface area contributed by atoms with Gasteiger partial charge in [-0.3, -0.25) is 9.59 Å². The predicted molar refractivity (Wildman–Crippen MR) is 132 cm³/mol. The lowest BCUT2D eigenvalue weighted by Gasteiger charge is -2.26. The minimum Gasteiger partial charge on any atom is -0.507 e. The van der Waals surface area contributed by atoms with Crippen LogP contribution in [0.4, 0.5) is 0 Å². The first-order chi connectivity index (χ1) is 16.2. The Morgan fingerprint density at radius 1 is 1.09 bits per heavy atom. The number of nitrogens with zero attached hydrogens (tertiary/aromatic N) is 4. The van der Waals surface area contributed by atoms with E-state index < -0.39 is 17.7 Å². The Balaban J connectivity index is 1.86. The molecule has 0 saturated carbocycles. The highest BCUT2D eigenvalue weighted by Gasteiger charge is 2.46. The summed E-state index contributed by atoms with van der Waals surface area (Å²) < 4.78 is 1.67. The molecule has 1 aliphatic rings. The molecule has 1 fully saturated rings. The highest BCUT2D eigenvalue weighted by molar-refractivity contribution is 6.47. The van der Waals surface area contributed by atoms with Crippen LogP contribution in [0.25, 0.3) is 11.4 Å². The minimum absolute atomic E-state index is 0.00198. The van der Waals surface area contributed by atoms with Crippen LogP contribution < -0.4 is 0 Å². The molecule has 7 nitrogen and oxygen atoms in total. The number of halogens is 2. The lowest BCUT2D eigenvalue weighted by Crippen LogP contribution is -2.35. The van der Waals surface area contributed by atoms with Gasteiger partial charge in [-0.25, -0.2) is 4.68 Å². The number of amides is 1. The van der Waals surface area contributed by atoms with Gasteiger partial charge in [-0.15, -0.1) is 0 Å². The van der Waals surface area contributed by atoms with E-state index in [0.29, 0.717) is 40.0 Å². The molecule has 2 aromatic carbocycles. The highest BCUT2D eigenvalue weighted by Crippen LogP contribution is 2.41. The summed E-state index contributed by atoms with van der Waals surface area (Å²) in [6, 6.07) is 13.6. The largest absolute Gasteiger partial charge is 0.507 e. The van der Waals surface area contributed by atoms with Gasteiger partial charge in [0.15, 0.2) is 0 Å². The Morgan fingerprint density at radius 2 is 1.79 bits per heavy atom. The number of ketones is 1. The zero-order valence-corrected chi connectivity index (χ0v) is 20.5. The lowest BCUT2D eigenvalue weighted by atomic mass is 9.95. The van der Waals surface area contributed by atoms with Crippen LogP contribution in [0.15, 0.2) is 60.3 Å². The maximum absolute atomic E-state index is 13.2. The standard InChI is InChI=1S/C25H24Cl2N4O3/c1-15-18(14-28-31(15)17-7-5-4-6-8-17)23(32)21-22(16-9-10-19(26)20(27)13-16)30(12-11-29(2)3)25(34)24(21)33/h4-10,13-14,22,32H,11-12H2,1-3H3/t22-/m1/s1. The van der Waals surface area contributed by atoms with E-state index in [1.807, 2.05) is 49.3 Å². The minimum atomic E-state index is -0.811. The van der Waals surface area contributed by atoms with Gasteiger partial charge in [0.05, 0.1) is 44.8 Å². The van der Waals surface area contributed by atoms with E-state index in [2.05, 4.69) is 5.10 Å². The van der Waals surface area contributed by atoms with E-state index in [9.17, 15) is 14.7 Å². The first-order valence-corrected chi connectivity index (χ1v) is 11.4. The third kappa shape index (κ3) is 4.34. The maximum Gasteiger partial charge on any atom is 0.295 e. The average Bonchev–Trinajstić information content (AvgIpc) is 3.32. The molecule has 4 rings (SSSR count). The number of rotatable bonds is 6. The molecular formula is C25H24Cl2N4O3. The molecule has 0 aliphatic carbocycles. The van der Waals surface area contributed by atoms with Crippen molar-refractivity contribution in [3.05, 3.63) is 87.2 Å². The van der Waals surface area contributed by atoms with Gasteiger partial charge in [0, 0.05) is 13.1 Å². The zero-order chi connectivity index (χ0) is 24.6. The molecular weight excluding hydrogens is 475 g/mol. The van der Waals surface area contributed by atoms with Crippen molar-refractivity contribution in [2.45, 2.75) is 13.0 Å². The number of likely N-dealkylation sites (N-methyl/N-ethyl adjacent to an activating group) is 1. The number of benzene rings is 2. The van der Waals surface area contributed by atoms with Gasteiger partial charge in [0.2, 0.25) is 0 Å². The Bertz CT molecular complexity index is 1280. The summed E-state index contributed by atoms with van der Waals surface area (Å²) in [6.45, 7) is 2.63. The SMILES string of the molecule is Cc1c(C(O)=C2C(=O)C(=O)N(CCN(C)C)[C@@H]2c2ccc(Cl)c(Cl)c2)cnn1-c1ccccc1. The third-order valence-corrected chi connectivity index (χ3v) is 6.59. The molecule has 3 aromatic rings. The van der Waals surface area contributed by atoms with E-state index in [-0.39, 0.29) is 11.3 Å². The predicted octanol–water partition coefficient (Wildman–Crippen LogP) is 4.47. The molecule has 0 spiro atoms. The Labute approximate surface area is 207 Å². The van der Waals surface area contributed by atoms with Crippen LogP contribution in [0.2, 0.25) is 10.0 Å². The van der Waals surface area contributed by atoms with Gasteiger partial charge in [0.1, 0.15) is 5.76 Å². The number of Topliss-reactive ketones (excluding diaryl/α,β-unsaturated/α-hetero) is 1. The Hall–Kier alpha value is -3.13. The third-order valence-electron chi connectivity index (χ3n) is 5.85. The van der Waals surface area contributed by atoms with Gasteiger partial charge in [-0.2, -0.15) is 5.10 Å². The molecule has 1 atom stereocenters. The number of para-hydroxylation sites is 1. The van der Waals surface area contributed by atoms with Crippen molar-refractivity contribution in [3.8, 4) is 5.69 Å². The number of hydrogen-bond donors (Lipinski definition) is 1. The number of carbonyl (C=O) groups is 2. The van der Waals surface area contributed by atoms with E-state index in [4.69, 9.17) is 23.2 Å². The van der Waals surface area contributed by atoms with Crippen molar-refractivity contribution < 1.29 is 14.7 Å². The molecule has 176 valence electrons. The molecule has 1 N–H and O–H groups in total. The highest BCUT2D eigenvalue weighted by atomic mass is 35.5. The summed E-state index contributed by atoms with van der Waals surface area (Å²) in [6.07, 6.45) is 1.50. The van der Waals surface area contributed by atoms with Crippen LogP contribution in [-0.2, 0) is 9.59 Å². The van der Waals surface area contributed by atoms with Crippen molar-refractivity contribution in [2.75, 3.05) is 27.2 Å². The molecule has 0 bridgehead atoms. The monoisotopic (exact) mass is 498 g/mol. The van der Waals surface area contributed by atoms with Crippen LogP contribution in [0.1, 0.15) is 22.9 Å². The topological polar surface area (TPSA) is 78.7 Å². The fraction of sp³-hybridized carbons (Fsp3) is 0.240. The summed E-state index contributed by atoms with van der Waals surface area (Å²) in [4.78, 5) is 29.6. The maximum atomic E-state index is 13.2. The molecule has 1 aliphatic heterocycles. The van der Waals surface area contributed by atoms with Crippen molar-refractivity contribution in [2.24, 2.45) is 0 Å². The van der Waals surface area contributed by atoms with Crippen LogP contribution >= 0.6 is 23.2 Å². The summed E-state index contributed by atoms with van der Waals surface area (Å²) in [5, 5.41) is 16.4. The van der Waals surface area contributed by atoms with E-state index in [1.165, 1.54) is 11.1 Å². The van der Waals surface area contributed by atoms with Crippen LogP contribution in [0.3, 0.4) is 0 Å². The second-order valence-corrected chi connectivity index (χ2v) is 9.17. The molecule has 9 heteroatoms. The lowest BCUT2D eigenvalue weighted by molar-refractivity contribution is -0.140. The number of aliphatic hydroxyl groups is 1. The number of aromatic nitrogens is 2. The van der Waals surface area contributed by atoms with Crippen LogP contribution in [0, 0.1) is 6.92 Å². The average molecular weight is 499 g/mol. The first-order valence-electron chi connectivity index (χ1n) is 10.7. The van der Waals surface area contributed by atoms with Crippen molar-refractivity contribution in [1.82, 2.24) is 19.6 Å². The van der Waals surface area contributed by atoms with Gasteiger partial charge in [-0.1, -0.05) is 47.5 Å². The van der Waals surface area contributed by atoms with Crippen molar-refractivity contribution in [1.29, 1.82) is 0 Å². The summed E-state index contributed by atoms with van der Waals surface area (Å²) in [5.74, 6) is -1.70. The number of carbonyl (C=O) groups excluding carboxylic acids is 2. The fourth-order valence-electron chi connectivity index (χ4n) is 4.06. The smallest absolute Gasteiger partial charge is 0.295 e. The van der Waals surface area contributed by atoms with E-state index in [0.717, 1.165) is 5.69 Å². The molecule has 34 heavy (non-hydrogen) atoms. The van der Waals surface area contributed by atoms with E-state index in [1.54, 1.807) is 29.8 Å². The van der Waals surface area contributed by atoms with Crippen molar-refractivity contribution in [3.63, 3.8) is 0 Å². The molecule has 0 unspecified atom stereocenters. The summed E-state index contributed by atoms with van der Waals surface area (Å²) in [5.41, 5.74) is 2.40. The number of aliphatic hydroxyl groups excluding tert-OH is 1. The molecule has 1 saturated heterocycles. The second kappa shape index (κ2) is 9.62. The fourth-order valence-corrected chi connectivity index (χ4v) is 4.37. The van der Waals surface area contributed by atoms with Crippen LogP contribution in [0.5, 0.6) is 0 Å². The summed E-state index contributed by atoms with van der Waals surface area (Å²) >= 11 is 12.4. The van der Waals surface area contributed by atoms with Gasteiger partial charge >= 0.3 is 0 Å². The molecule has 0 radical (unpaired) electrons. The summed E-state index contributed by atoms with van der Waals surface area (Å²) in [7, 11) is 3.76. The first kappa shape index (κ1) is 24.0. The van der Waals surface area contributed by atoms with Crippen LogP contribution in [-0.4, -0.2) is 63.6 Å². The number of hydrogen-bond acceptors (Lipinski definition) is 5. The van der Waals surface area contributed by atoms with Gasteiger partial charge in [0.25, 0.3) is 11.7 Å². The van der Waals surface area contributed by atoms with Gasteiger partial charge < -0.3 is 14.9 Å². The van der Waals surface area contributed by atoms with Gasteiger partial charge in [-0.05, 0) is 50.8 Å². The number of likely N-dealkylation sites (tertiary alicyclic amines) is 1. The Morgan fingerprint density at radius 3 is 2.44 bits per heavy atom. The second-order valence-electron chi connectivity index (χ2n) is 8.36. The normalized spacial score (nSPS) is 17.7. The zero-order valence-electron chi connectivity index (χ0n) is 19.0. The molecule has 1 aromatic heterocycles. The van der Waals surface area contributed by atoms with E-state index >= 15 is 0 Å². The van der Waals surface area contributed by atoms with Crippen molar-refractivity contribution >= 4 is 40.7 Å². The molecule has 2 heterocycles. The Kier molecular flexibility index (Phi) is 6.79. The molecule has 1 amide bonds.